The Kier molecular flexibility index (Phi) is 6.38. The van der Waals surface area contributed by atoms with E-state index in [9.17, 15) is 18.5 Å². The summed E-state index contributed by atoms with van der Waals surface area (Å²) in [6.45, 7) is 1.99. The van der Waals surface area contributed by atoms with E-state index in [-0.39, 0.29) is 41.3 Å². The van der Waals surface area contributed by atoms with E-state index in [0.29, 0.717) is 19.4 Å². The zero-order chi connectivity index (χ0) is 23.7. The van der Waals surface area contributed by atoms with Gasteiger partial charge in [-0.1, -0.05) is 24.3 Å². The van der Waals surface area contributed by atoms with E-state index in [1.807, 2.05) is 29.2 Å². The van der Waals surface area contributed by atoms with Crippen LogP contribution in [0.15, 0.2) is 53.4 Å². The molecule has 3 aromatic rings. The van der Waals surface area contributed by atoms with E-state index in [4.69, 9.17) is 4.98 Å². The van der Waals surface area contributed by atoms with Crippen molar-refractivity contribution < 1.29 is 13.2 Å². The Balaban J connectivity index is 1.23. The van der Waals surface area contributed by atoms with Crippen molar-refractivity contribution in [3.8, 4) is 6.07 Å². The summed E-state index contributed by atoms with van der Waals surface area (Å²) in [5, 5.41) is 10.4. The zero-order valence-corrected chi connectivity index (χ0v) is 20.4. The molecule has 0 aliphatic carbocycles. The Labute approximate surface area is 203 Å². The number of rotatable bonds is 4. The third-order valence-electron chi connectivity index (χ3n) is 6.82. The minimum Gasteiger partial charge on any atom is -0.342 e. The van der Waals surface area contributed by atoms with Gasteiger partial charge in [-0.25, -0.2) is 13.4 Å². The van der Waals surface area contributed by atoms with Gasteiger partial charge in [0.05, 0.1) is 25.7 Å². The lowest BCUT2D eigenvalue weighted by Gasteiger charge is -2.37. The van der Waals surface area contributed by atoms with E-state index in [1.54, 1.807) is 23.5 Å². The molecule has 176 valence electrons. The standard InChI is InChI=1S/C25H26N4O3S2/c26-16-19-6-1-4-10-23(19)34(31,32)29-14-11-18(12-15-29)25(30)28-13-5-7-20(17-28)24-27-21-8-2-3-9-22(21)33-24/h1-4,6,8-10,18,20H,5,7,11-15,17H2/t20-/m0/s1. The molecule has 34 heavy (non-hydrogen) atoms. The molecule has 2 aliphatic heterocycles. The Morgan fingerprint density at radius 2 is 1.76 bits per heavy atom. The molecule has 0 N–H and O–H groups in total. The van der Waals surface area contributed by atoms with Crippen LogP contribution < -0.4 is 0 Å². The SMILES string of the molecule is N#Cc1ccccc1S(=O)(=O)N1CCC(C(=O)N2CCC[C@H](c3nc4ccccc4s3)C2)CC1. The van der Waals surface area contributed by atoms with Crippen molar-refractivity contribution >= 4 is 37.5 Å². The molecule has 1 aromatic heterocycles. The van der Waals surface area contributed by atoms with Crippen molar-refractivity contribution in [2.75, 3.05) is 26.2 Å². The van der Waals surface area contributed by atoms with Gasteiger partial charge in [-0.15, -0.1) is 11.3 Å². The number of benzene rings is 2. The lowest BCUT2D eigenvalue weighted by atomic mass is 9.93. The van der Waals surface area contributed by atoms with Crippen LogP contribution in [0.2, 0.25) is 0 Å². The average molecular weight is 495 g/mol. The van der Waals surface area contributed by atoms with E-state index in [0.717, 1.165) is 29.9 Å². The summed E-state index contributed by atoms with van der Waals surface area (Å²) in [6.07, 6.45) is 2.97. The number of fused-ring (bicyclic) bond motifs is 1. The van der Waals surface area contributed by atoms with E-state index < -0.39 is 10.0 Å². The number of piperidine rings is 2. The van der Waals surface area contributed by atoms with Crippen LogP contribution in [-0.2, 0) is 14.8 Å². The molecule has 5 rings (SSSR count). The van der Waals surface area contributed by atoms with Gasteiger partial charge in [0, 0.05) is 38.0 Å². The summed E-state index contributed by atoms with van der Waals surface area (Å²) in [7, 11) is -3.76. The Bertz CT molecular complexity index is 1320. The van der Waals surface area contributed by atoms with Crippen molar-refractivity contribution in [2.24, 2.45) is 5.92 Å². The second-order valence-electron chi connectivity index (χ2n) is 8.93. The highest BCUT2D eigenvalue weighted by atomic mass is 32.2. The fourth-order valence-corrected chi connectivity index (χ4v) is 7.67. The van der Waals surface area contributed by atoms with Gasteiger partial charge in [-0.3, -0.25) is 4.79 Å². The molecule has 0 spiro atoms. The van der Waals surface area contributed by atoms with Gasteiger partial charge in [0.25, 0.3) is 0 Å². The third-order valence-corrected chi connectivity index (χ3v) is 9.98. The van der Waals surface area contributed by atoms with Crippen LogP contribution in [-0.4, -0.2) is 54.7 Å². The predicted molar refractivity (Wildman–Crippen MR) is 131 cm³/mol. The van der Waals surface area contributed by atoms with Crippen LogP contribution in [0.5, 0.6) is 0 Å². The Morgan fingerprint density at radius 1 is 1.03 bits per heavy atom. The maximum Gasteiger partial charge on any atom is 0.244 e. The van der Waals surface area contributed by atoms with Gasteiger partial charge in [-0.2, -0.15) is 9.57 Å². The number of sulfonamides is 1. The number of carbonyl (C=O) groups is 1. The lowest BCUT2D eigenvalue weighted by molar-refractivity contribution is -0.138. The van der Waals surface area contributed by atoms with Crippen LogP contribution in [0.3, 0.4) is 0 Å². The summed E-state index contributed by atoms with van der Waals surface area (Å²) in [6, 6.07) is 16.4. The van der Waals surface area contributed by atoms with Gasteiger partial charge >= 0.3 is 0 Å². The van der Waals surface area contributed by atoms with Gasteiger partial charge in [0.2, 0.25) is 15.9 Å². The summed E-state index contributed by atoms with van der Waals surface area (Å²) in [5.74, 6) is 0.199. The second-order valence-corrected chi connectivity index (χ2v) is 11.9. The number of para-hydroxylation sites is 1. The summed E-state index contributed by atoms with van der Waals surface area (Å²) in [4.78, 5) is 20.1. The van der Waals surface area contributed by atoms with Crippen molar-refractivity contribution in [2.45, 2.75) is 36.5 Å². The summed E-state index contributed by atoms with van der Waals surface area (Å²) in [5.41, 5.74) is 1.16. The third kappa shape index (κ3) is 4.33. The summed E-state index contributed by atoms with van der Waals surface area (Å²) < 4.78 is 28.8. The predicted octanol–water partition coefficient (Wildman–Crippen LogP) is 3.97. The van der Waals surface area contributed by atoms with Crippen LogP contribution >= 0.6 is 11.3 Å². The number of amides is 1. The number of nitriles is 1. The van der Waals surface area contributed by atoms with Crippen molar-refractivity contribution in [1.82, 2.24) is 14.2 Å². The quantitative estimate of drug-likeness (QED) is 0.547. The highest BCUT2D eigenvalue weighted by Gasteiger charge is 2.36. The molecule has 0 saturated carbocycles. The highest BCUT2D eigenvalue weighted by molar-refractivity contribution is 7.89. The molecule has 0 unspecified atom stereocenters. The van der Waals surface area contributed by atoms with Gasteiger partial charge in [0.1, 0.15) is 6.07 Å². The number of nitrogens with zero attached hydrogens (tertiary/aromatic N) is 4. The van der Waals surface area contributed by atoms with E-state index in [1.165, 1.54) is 21.1 Å². The first kappa shape index (κ1) is 23.0. The maximum atomic E-state index is 13.3. The van der Waals surface area contributed by atoms with Crippen molar-refractivity contribution in [3.63, 3.8) is 0 Å². The van der Waals surface area contributed by atoms with Gasteiger partial charge in [-0.05, 0) is 49.9 Å². The molecular formula is C25H26N4O3S2. The fraction of sp³-hybridized carbons (Fsp3) is 0.400. The first-order chi connectivity index (χ1) is 16.5. The molecule has 2 aliphatic rings. The molecule has 1 amide bonds. The number of hydrogen-bond donors (Lipinski definition) is 0. The first-order valence-corrected chi connectivity index (χ1v) is 13.9. The minimum atomic E-state index is -3.76. The molecule has 9 heteroatoms. The molecule has 2 fully saturated rings. The van der Waals surface area contributed by atoms with Crippen LogP contribution in [0.25, 0.3) is 10.2 Å². The minimum absolute atomic E-state index is 0.0389. The molecule has 2 aromatic carbocycles. The summed E-state index contributed by atoms with van der Waals surface area (Å²) >= 11 is 1.71. The zero-order valence-electron chi connectivity index (χ0n) is 18.8. The van der Waals surface area contributed by atoms with Crippen LogP contribution in [0, 0.1) is 17.2 Å². The number of carbonyl (C=O) groups excluding carboxylic acids is 1. The van der Waals surface area contributed by atoms with Crippen LogP contribution in [0.4, 0.5) is 0 Å². The number of aromatic nitrogens is 1. The molecule has 0 radical (unpaired) electrons. The largest absolute Gasteiger partial charge is 0.342 e. The monoisotopic (exact) mass is 494 g/mol. The molecule has 0 bridgehead atoms. The molecule has 3 heterocycles. The number of hydrogen-bond acceptors (Lipinski definition) is 6. The number of thiazole rings is 1. The highest BCUT2D eigenvalue weighted by Crippen LogP contribution is 2.34. The smallest absolute Gasteiger partial charge is 0.244 e. The Hall–Kier alpha value is -2.80. The van der Waals surface area contributed by atoms with Gasteiger partial charge in [0.15, 0.2) is 0 Å². The lowest BCUT2D eigenvalue weighted by Crippen LogP contribution is -2.46. The Morgan fingerprint density at radius 3 is 2.53 bits per heavy atom. The average Bonchev–Trinajstić information content (AvgIpc) is 3.33. The topological polar surface area (TPSA) is 94.4 Å². The fourth-order valence-electron chi connectivity index (χ4n) is 4.97. The van der Waals surface area contributed by atoms with E-state index in [2.05, 4.69) is 6.07 Å². The molecular weight excluding hydrogens is 468 g/mol. The molecule has 7 nitrogen and oxygen atoms in total. The van der Waals surface area contributed by atoms with E-state index >= 15 is 0 Å². The molecule has 1 atom stereocenters. The normalized spacial score (nSPS) is 20.3. The van der Waals surface area contributed by atoms with Crippen LogP contribution in [0.1, 0.15) is 42.2 Å². The van der Waals surface area contributed by atoms with Crippen molar-refractivity contribution in [1.29, 1.82) is 5.26 Å². The van der Waals surface area contributed by atoms with Gasteiger partial charge < -0.3 is 4.90 Å². The number of likely N-dealkylation sites (tertiary alicyclic amines) is 1. The molecule has 2 saturated heterocycles. The van der Waals surface area contributed by atoms with Crippen molar-refractivity contribution in [3.05, 3.63) is 59.1 Å². The first-order valence-electron chi connectivity index (χ1n) is 11.6. The maximum absolute atomic E-state index is 13.3. The second kappa shape index (κ2) is 9.45.